The average molecular weight is 272 g/mol. The molecule has 0 aliphatic heterocycles. The molecule has 2 N–H and O–H groups in total. The van der Waals surface area contributed by atoms with E-state index in [-0.39, 0.29) is 18.3 Å². The summed E-state index contributed by atoms with van der Waals surface area (Å²) in [6.45, 7) is 4.27. The van der Waals surface area contributed by atoms with Crippen molar-refractivity contribution in [1.29, 1.82) is 0 Å². The minimum atomic E-state index is -0.878. The fourth-order valence-electron chi connectivity index (χ4n) is 1.70. The van der Waals surface area contributed by atoms with Gasteiger partial charge in [0, 0.05) is 23.2 Å². The highest BCUT2D eigenvalue weighted by atomic mass is 35.5. The van der Waals surface area contributed by atoms with E-state index in [9.17, 15) is 9.90 Å². The van der Waals surface area contributed by atoms with Crippen molar-refractivity contribution in [3.63, 3.8) is 0 Å². The van der Waals surface area contributed by atoms with Crippen molar-refractivity contribution in [2.45, 2.75) is 32.9 Å². The Hall–Kier alpha value is -1.26. The maximum Gasteiger partial charge on any atom is 0.317 e. The molecule has 0 aliphatic carbocycles. The molecule has 1 aromatic rings. The fourth-order valence-corrected chi connectivity index (χ4v) is 1.89. The van der Waals surface area contributed by atoms with Crippen LogP contribution in [0, 0.1) is 0 Å². The number of hydrogen-bond donors (Lipinski definition) is 2. The molecule has 0 heterocycles. The van der Waals surface area contributed by atoms with Gasteiger partial charge in [-0.2, -0.15) is 0 Å². The van der Waals surface area contributed by atoms with Crippen LogP contribution in [0.2, 0.25) is 5.02 Å². The van der Waals surface area contributed by atoms with E-state index in [0.29, 0.717) is 17.1 Å². The molecule has 0 saturated heterocycles. The van der Waals surface area contributed by atoms with Crippen molar-refractivity contribution in [1.82, 2.24) is 4.90 Å². The first-order valence-electron chi connectivity index (χ1n) is 5.87. The van der Waals surface area contributed by atoms with Gasteiger partial charge < -0.3 is 10.2 Å². The second-order valence-corrected chi connectivity index (χ2v) is 4.77. The first-order valence-corrected chi connectivity index (χ1v) is 6.25. The molecule has 0 aliphatic rings. The molecule has 0 radical (unpaired) electrons. The lowest BCUT2D eigenvalue weighted by atomic mass is 10.1. The molecule has 1 aromatic carbocycles. The zero-order valence-corrected chi connectivity index (χ0v) is 11.3. The van der Waals surface area contributed by atoms with Gasteiger partial charge in [0.15, 0.2) is 0 Å². The lowest BCUT2D eigenvalue weighted by molar-refractivity contribution is -0.139. The van der Waals surface area contributed by atoms with Crippen LogP contribution < -0.4 is 0 Å². The average Bonchev–Trinajstić information content (AvgIpc) is 2.31. The van der Waals surface area contributed by atoms with Crippen LogP contribution in [-0.2, 0) is 11.3 Å². The van der Waals surface area contributed by atoms with Gasteiger partial charge in [-0.05, 0) is 31.5 Å². The second-order valence-electron chi connectivity index (χ2n) is 4.33. The minimum absolute atomic E-state index is 0.0546. The van der Waals surface area contributed by atoms with Crippen molar-refractivity contribution in [3.8, 4) is 5.75 Å². The lowest BCUT2D eigenvalue weighted by Gasteiger charge is -2.27. The summed E-state index contributed by atoms with van der Waals surface area (Å²) < 4.78 is 0. The normalized spacial score (nSPS) is 12.7. The van der Waals surface area contributed by atoms with Crippen molar-refractivity contribution in [3.05, 3.63) is 28.8 Å². The Morgan fingerprint density at radius 3 is 2.72 bits per heavy atom. The number of carbonyl (C=O) groups is 1. The Labute approximate surface area is 112 Å². The molecule has 5 heteroatoms. The molecule has 0 fully saturated rings. The monoisotopic (exact) mass is 271 g/mol. The number of carboxylic acids is 1. The summed E-state index contributed by atoms with van der Waals surface area (Å²) in [6, 6.07) is 4.91. The number of hydrogen-bond acceptors (Lipinski definition) is 3. The Balaban J connectivity index is 2.88. The number of nitrogens with zero attached hydrogens (tertiary/aromatic N) is 1. The van der Waals surface area contributed by atoms with E-state index in [0.717, 1.165) is 6.42 Å². The van der Waals surface area contributed by atoms with Crippen LogP contribution >= 0.6 is 11.6 Å². The summed E-state index contributed by atoms with van der Waals surface area (Å²) >= 11 is 5.87. The third-order valence-electron chi connectivity index (χ3n) is 2.97. The predicted molar refractivity (Wildman–Crippen MR) is 70.9 cm³/mol. The number of halogens is 1. The van der Waals surface area contributed by atoms with Gasteiger partial charge in [0.05, 0.1) is 6.54 Å². The van der Waals surface area contributed by atoms with Crippen LogP contribution in [0.25, 0.3) is 0 Å². The largest absolute Gasteiger partial charge is 0.508 e. The van der Waals surface area contributed by atoms with Crippen molar-refractivity contribution in [2.75, 3.05) is 6.54 Å². The molecule has 0 spiro atoms. The standard InChI is InChI=1S/C13H18ClNO3/c1-3-9(2)15(8-13(17)18)7-10-6-11(14)4-5-12(10)16/h4-6,9,16H,3,7-8H2,1-2H3,(H,17,18). The molecule has 0 aromatic heterocycles. The van der Waals surface area contributed by atoms with Crippen molar-refractivity contribution in [2.24, 2.45) is 0 Å². The van der Waals surface area contributed by atoms with E-state index in [4.69, 9.17) is 16.7 Å². The Kier molecular flexibility index (Phi) is 5.44. The lowest BCUT2D eigenvalue weighted by Crippen LogP contribution is -2.36. The van der Waals surface area contributed by atoms with Gasteiger partial charge in [0.2, 0.25) is 0 Å². The van der Waals surface area contributed by atoms with E-state index in [1.165, 1.54) is 6.07 Å². The number of aromatic hydroxyl groups is 1. The molecule has 1 atom stereocenters. The molecule has 0 bridgehead atoms. The van der Waals surface area contributed by atoms with E-state index in [1.807, 2.05) is 13.8 Å². The topological polar surface area (TPSA) is 60.8 Å². The first kappa shape index (κ1) is 14.8. The van der Waals surface area contributed by atoms with Gasteiger partial charge in [-0.3, -0.25) is 9.69 Å². The smallest absolute Gasteiger partial charge is 0.317 e. The molecule has 0 saturated carbocycles. The first-order chi connectivity index (χ1) is 8.43. The number of aliphatic carboxylic acids is 1. The summed E-state index contributed by atoms with van der Waals surface area (Å²) in [5.74, 6) is -0.741. The van der Waals surface area contributed by atoms with Gasteiger partial charge in [-0.25, -0.2) is 0 Å². The summed E-state index contributed by atoms with van der Waals surface area (Å²) in [5.41, 5.74) is 0.643. The number of carboxylic acid groups (broad SMARTS) is 1. The Bertz CT molecular complexity index is 423. The molecule has 1 unspecified atom stereocenters. The molecular formula is C13H18ClNO3. The molecule has 1 rings (SSSR count). The van der Waals surface area contributed by atoms with Crippen LogP contribution in [0.5, 0.6) is 5.75 Å². The zero-order chi connectivity index (χ0) is 13.7. The van der Waals surface area contributed by atoms with E-state index >= 15 is 0 Å². The highest BCUT2D eigenvalue weighted by molar-refractivity contribution is 6.30. The highest BCUT2D eigenvalue weighted by Gasteiger charge is 2.17. The van der Waals surface area contributed by atoms with Crippen molar-refractivity contribution >= 4 is 17.6 Å². The van der Waals surface area contributed by atoms with E-state index in [2.05, 4.69) is 0 Å². The van der Waals surface area contributed by atoms with Crippen molar-refractivity contribution < 1.29 is 15.0 Å². The summed E-state index contributed by atoms with van der Waals surface area (Å²) in [5, 5.41) is 19.2. The number of benzene rings is 1. The minimum Gasteiger partial charge on any atom is -0.508 e. The van der Waals surface area contributed by atoms with Gasteiger partial charge in [-0.1, -0.05) is 18.5 Å². The predicted octanol–water partition coefficient (Wildman–Crippen LogP) is 2.73. The quantitative estimate of drug-likeness (QED) is 0.835. The summed E-state index contributed by atoms with van der Waals surface area (Å²) in [7, 11) is 0. The SMILES string of the molecule is CCC(C)N(CC(=O)O)Cc1cc(Cl)ccc1O. The number of phenols is 1. The van der Waals surface area contributed by atoms with Gasteiger partial charge in [-0.15, -0.1) is 0 Å². The van der Waals surface area contributed by atoms with Crippen LogP contribution in [0.1, 0.15) is 25.8 Å². The zero-order valence-electron chi connectivity index (χ0n) is 10.6. The Morgan fingerprint density at radius 1 is 1.50 bits per heavy atom. The van der Waals surface area contributed by atoms with E-state index < -0.39 is 5.97 Å². The third-order valence-corrected chi connectivity index (χ3v) is 3.20. The maximum absolute atomic E-state index is 10.8. The molecule has 18 heavy (non-hydrogen) atoms. The van der Waals surface area contributed by atoms with Crippen LogP contribution in [0.3, 0.4) is 0 Å². The van der Waals surface area contributed by atoms with Gasteiger partial charge in [0.1, 0.15) is 5.75 Å². The Morgan fingerprint density at radius 2 is 2.17 bits per heavy atom. The van der Waals surface area contributed by atoms with Crippen LogP contribution in [-0.4, -0.2) is 33.7 Å². The molecule has 0 amide bonds. The second kappa shape index (κ2) is 6.61. The van der Waals surface area contributed by atoms with Gasteiger partial charge >= 0.3 is 5.97 Å². The highest BCUT2D eigenvalue weighted by Crippen LogP contribution is 2.23. The van der Waals surface area contributed by atoms with Crippen LogP contribution in [0.4, 0.5) is 0 Å². The summed E-state index contributed by atoms with van der Waals surface area (Å²) in [6.07, 6.45) is 0.842. The fraction of sp³-hybridized carbons (Fsp3) is 0.462. The summed E-state index contributed by atoms with van der Waals surface area (Å²) in [4.78, 5) is 12.6. The van der Waals surface area contributed by atoms with Gasteiger partial charge in [0.25, 0.3) is 0 Å². The maximum atomic E-state index is 10.8. The molecular weight excluding hydrogens is 254 g/mol. The molecule has 100 valence electrons. The van der Waals surface area contributed by atoms with Crippen LogP contribution in [0.15, 0.2) is 18.2 Å². The third kappa shape index (κ3) is 4.20. The number of rotatable bonds is 6. The molecule has 4 nitrogen and oxygen atoms in total. The van der Waals surface area contributed by atoms with E-state index in [1.54, 1.807) is 17.0 Å². The number of phenolic OH excluding ortho intramolecular Hbond substituents is 1.